The van der Waals surface area contributed by atoms with Gasteiger partial charge in [0.05, 0.1) is 12.0 Å². The topological polar surface area (TPSA) is 107 Å². The van der Waals surface area contributed by atoms with Crippen LogP contribution in [-0.2, 0) is 19.6 Å². The number of unbranched alkanes of at least 4 members (excludes halogenated alkanes) is 2. The van der Waals surface area contributed by atoms with Crippen LogP contribution in [0, 0.1) is 0 Å². The standard InChI is InChI=1S/C22H27ClN2O6S/c1-29-11-5-3-4-10-24-32(27,28)20-9-8-18(30-2)22-17(20)13-19(31-22)15-6-7-16(12-15)25-21(26)14-23/h6,8-9,12-13,24H,3-5,7,10-11,14H2,1-2H3,(H,25,26). The number of alkyl halides is 1. The fraction of sp³-hybridized carbons (Fsp3) is 0.409. The molecule has 1 heterocycles. The molecule has 3 rings (SSSR count). The SMILES string of the molecule is COCCCCCNS(=O)(=O)c1ccc(OC)c2oc(C3=CCC(NC(=O)CCl)=C3)cc12. The van der Waals surface area contributed by atoms with Crippen molar-refractivity contribution in [2.75, 3.05) is 33.3 Å². The molecule has 0 saturated heterocycles. The third-order valence-electron chi connectivity index (χ3n) is 5.01. The van der Waals surface area contributed by atoms with Crippen LogP contribution in [0.3, 0.4) is 0 Å². The minimum absolute atomic E-state index is 0.124. The summed E-state index contributed by atoms with van der Waals surface area (Å²) in [5, 5.41) is 3.15. The predicted octanol–water partition coefficient (Wildman–Crippen LogP) is 3.56. The Morgan fingerprint density at radius 3 is 2.75 bits per heavy atom. The monoisotopic (exact) mass is 482 g/mol. The molecule has 10 heteroatoms. The Morgan fingerprint density at radius 2 is 2.03 bits per heavy atom. The molecule has 1 amide bonds. The fourth-order valence-electron chi connectivity index (χ4n) is 3.44. The highest BCUT2D eigenvalue weighted by Gasteiger charge is 2.23. The molecule has 2 N–H and O–H groups in total. The lowest BCUT2D eigenvalue weighted by Gasteiger charge is -2.09. The van der Waals surface area contributed by atoms with E-state index < -0.39 is 10.0 Å². The summed E-state index contributed by atoms with van der Waals surface area (Å²) in [5.41, 5.74) is 1.78. The Hall–Kier alpha value is -2.33. The maximum atomic E-state index is 13.0. The zero-order valence-electron chi connectivity index (χ0n) is 18.1. The number of hydrogen-bond donors (Lipinski definition) is 2. The van der Waals surface area contributed by atoms with E-state index in [1.54, 1.807) is 25.3 Å². The molecule has 1 aromatic heterocycles. The normalized spacial score (nSPS) is 13.8. The van der Waals surface area contributed by atoms with Crippen LogP contribution >= 0.6 is 11.6 Å². The van der Waals surface area contributed by atoms with E-state index in [1.807, 2.05) is 6.08 Å². The summed E-state index contributed by atoms with van der Waals surface area (Å²) in [6.45, 7) is 0.993. The second kappa shape index (κ2) is 11.0. The molecule has 174 valence electrons. The van der Waals surface area contributed by atoms with Gasteiger partial charge in [-0.2, -0.15) is 0 Å². The smallest absolute Gasteiger partial charge is 0.241 e. The number of halogens is 1. The molecule has 0 atom stereocenters. The molecule has 32 heavy (non-hydrogen) atoms. The van der Waals surface area contributed by atoms with Gasteiger partial charge in [0.2, 0.25) is 15.9 Å². The second-order valence-corrected chi connectivity index (χ2v) is 9.29. The van der Waals surface area contributed by atoms with Crippen molar-refractivity contribution in [3.8, 4) is 5.75 Å². The molecule has 8 nitrogen and oxygen atoms in total. The summed E-state index contributed by atoms with van der Waals surface area (Å²) >= 11 is 5.54. The molecule has 0 bridgehead atoms. The van der Waals surface area contributed by atoms with Crippen LogP contribution in [0.4, 0.5) is 0 Å². The lowest BCUT2D eigenvalue weighted by Crippen LogP contribution is -2.25. The molecule has 0 spiro atoms. The second-order valence-electron chi connectivity index (χ2n) is 7.29. The number of carbonyl (C=O) groups is 1. The number of allylic oxidation sites excluding steroid dienone is 3. The van der Waals surface area contributed by atoms with Crippen LogP contribution in [0.25, 0.3) is 16.5 Å². The van der Waals surface area contributed by atoms with E-state index in [-0.39, 0.29) is 16.7 Å². The minimum atomic E-state index is -3.75. The number of ether oxygens (including phenoxy) is 2. The van der Waals surface area contributed by atoms with Crippen molar-refractivity contribution < 1.29 is 27.1 Å². The molecule has 1 aliphatic carbocycles. The van der Waals surface area contributed by atoms with Gasteiger partial charge in [-0.05, 0) is 43.5 Å². The molecule has 1 aliphatic rings. The molecule has 2 aromatic rings. The van der Waals surface area contributed by atoms with Crippen LogP contribution in [0.5, 0.6) is 5.75 Å². The average molecular weight is 483 g/mol. The Bertz CT molecular complexity index is 1140. The van der Waals surface area contributed by atoms with E-state index in [0.29, 0.717) is 54.2 Å². The summed E-state index contributed by atoms with van der Waals surface area (Å²) < 4.78 is 44.9. The van der Waals surface area contributed by atoms with Gasteiger partial charge in [-0.3, -0.25) is 4.79 Å². The van der Waals surface area contributed by atoms with Crippen LogP contribution in [0.2, 0.25) is 0 Å². The third-order valence-corrected chi connectivity index (χ3v) is 6.77. The molecule has 0 radical (unpaired) electrons. The summed E-state index contributed by atoms with van der Waals surface area (Å²) in [6.07, 6.45) is 6.65. The van der Waals surface area contributed by atoms with Gasteiger partial charge in [0, 0.05) is 43.3 Å². The van der Waals surface area contributed by atoms with Crippen molar-refractivity contribution in [2.45, 2.75) is 30.6 Å². The minimum Gasteiger partial charge on any atom is -0.493 e. The van der Waals surface area contributed by atoms with Crippen LogP contribution in [0.15, 0.2) is 45.4 Å². The number of furan rings is 1. The number of rotatable bonds is 12. The molecule has 0 aliphatic heterocycles. The zero-order valence-corrected chi connectivity index (χ0v) is 19.6. The first-order valence-electron chi connectivity index (χ1n) is 10.3. The van der Waals surface area contributed by atoms with Gasteiger partial charge in [0.15, 0.2) is 11.3 Å². The summed E-state index contributed by atoms with van der Waals surface area (Å²) in [7, 11) is -0.606. The Balaban J connectivity index is 1.85. The first-order valence-corrected chi connectivity index (χ1v) is 12.3. The molecular formula is C22H27ClN2O6S. The first kappa shape index (κ1) is 24.3. The highest BCUT2D eigenvalue weighted by atomic mass is 35.5. The molecule has 1 aromatic carbocycles. The summed E-state index contributed by atoms with van der Waals surface area (Å²) in [5.74, 6) is 0.494. The Kier molecular flexibility index (Phi) is 8.36. The molecule has 0 unspecified atom stereocenters. The maximum absolute atomic E-state index is 13.0. The largest absolute Gasteiger partial charge is 0.493 e. The number of methoxy groups -OCH3 is 2. The molecule has 0 fully saturated rings. The van der Waals surface area contributed by atoms with Gasteiger partial charge in [-0.25, -0.2) is 13.1 Å². The highest BCUT2D eigenvalue weighted by molar-refractivity contribution is 7.89. The fourth-order valence-corrected chi connectivity index (χ4v) is 4.76. The van der Waals surface area contributed by atoms with Gasteiger partial charge in [0.25, 0.3) is 0 Å². The predicted molar refractivity (Wildman–Crippen MR) is 123 cm³/mol. The number of benzene rings is 1. The highest BCUT2D eigenvalue weighted by Crippen LogP contribution is 2.37. The lowest BCUT2D eigenvalue weighted by molar-refractivity contribution is -0.118. The van der Waals surface area contributed by atoms with Crippen LogP contribution in [0.1, 0.15) is 31.4 Å². The van der Waals surface area contributed by atoms with Gasteiger partial charge < -0.3 is 19.2 Å². The van der Waals surface area contributed by atoms with E-state index in [9.17, 15) is 13.2 Å². The van der Waals surface area contributed by atoms with Gasteiger partial charge in [0.1, 0.15) is 11.6 Å². The van der Waals surface area contributed by atoms with E-state index in [2.05, 4.69) is 10.0 Å². The van der Waals surface area contributed by atoms with Gasteiger partial charge in [-0.15, -0.1) is 11.6 Å². The number of amides is 1. The number of carbonyl (C=O) groups excluding carboxylic acids is 1. The Labute approximate surface area is 192 Å². The number of nitrogens with one attached hydrogen (secondary N) is 2. The summed E-state index contributed by atoms with van der Waals surface area (Å²) in [4.78, 5) is 11.6. The first-order chi connectivity index (χ1) is 15.4. The number of fused-ring (bicyclic) bond motifs is 1. The molecular weight excluding hydrogens is 456 g/mol. The van der Waals surface area contributed by atoms with Crippen molar-refractivity contribution in [1.29, 1.82) is 0 Å². The number of hydrogen-bond acceptors (Lipinski definition) is 6. The molecule has 0 saturated carbocycles. The van der Waals surface area contributed by atoms with E-state index in [4.69, 9.17) is 25.5 Å². The van der Waals surface area contributed by atoms with Crippen molar-refractivity contribution in [3.63, 3.8) is 0 Å². The quantitative estimate of drug-likeness (QED) is 0.354. The van der Waals surface area contributed by atoms with E-state index in [1.165, 1.54) is 13.2 Å². The van der Waals surface area contributed by atoms with E-state index in [0.717, 1.165) is 18.4 Å². The lowest BCUT2D eigenvalue weighted by atomic mass is 10.2. The Morgan fingerprint density at radius 1 is 1.22 bits per heavy atom. The van der Waals surface area contributed by atoms with Crippen molar-refractivity contribution in [1.82, 2.24) is 10.0 Å². The average Bonchev–Trinajstić information content (AvgIpc) is 3.42. The van der Waals surface area contributed by atoms with Crippen molar-refractivity contribution >= 4 is 44.1 Å². The van der Waals surface area contributed by atoms with Crippen LogP contribution < -0.4 is 14.8 Å². The maximum Gasteiger partial charge on any atom is 0.241 e. The number of sulfonamides is 1. The third kappa shape index (κ3) is 5.72. The van der Waals surface area contributed by atoms with Crippen LogP contribution in [-0.4, -0.2) is 47.6 Å². The van der Waals surface area contributed by atoms with Gasteiger partial charge >= 0.3 is 0 Å². The van der Waals surface area contributed by atoms with Crippen molar-refractivity contribution in [2.24, 2.45) is 0 Å². The zero-order chi connectivity index (χ0) is 23.1. The summed E-state index contributed by atoms with van der Waals surface area (Å²) in [6, 6.07) is 4.77. The van der Waals surface area contributed by atoms with Crippen molar-refractivity contribution in [3.05, 3.63) is 41.8 Å². The van der Waals surface area contributed by atoms with E-state index >= 15 is 0 Å². The van der Waals surface area contributed by atoms with Gasteiger partial charge in [-0.1, -0.05) is 6.08 Å².